The quantitative estimate of drug-likeness (QED) is 0.498. The molecule has 0 bridgehead atoms. The number of rotatable bonds is 6. The summed E-state index contributed by atoms with van der Waals surface area (Å²) in [6.07, 6.45) is 3.64. The number of piperidine rings is 1. The van der Waals surface area contributed by atoms with Gasteiger partial charge in [0.2, 0.25) is 11.8 Å². The van der Waals surface area contributed by atoms with E-state index in [1.165, 1.54) is 0 Å². The van der Waals surface area contributed by atoms with Gasteiger partial charge in [-0.3, -0.25) is 9.59 Å². The molecular formula is C27H31ClN4O2. The number of amides is 2. The third-order valence-electron chi connectivity index (χ3n) is 6.29. The Hall–Kier alpha value is -3.12. The summed E-state index contributed by atoms with van der Waals surface area (Å²) >= 11 is 6.10. The molecule has 4 rings (SSSR count). The summed E-state index contributed by atoms with van der Waals surface area (Å²) in [4.78, 5) is 29.4. The monoisotopic (exact) mass is 478 g/mol. The molecule has 0 radical (unpaired) electrons. The molecule has 0 N–H and O–H groups in total. The second-order valence-corrected chi connectivity index (χ2v) is 9.70. The topological polar surface area (TPSA) is 58.4 Å². The number of benzene rings is 2. The van der Waals surface area contributed by atoms with Crippen LogP contribution in [0.3, 0.4) is 0 Å². The van der Waals surface area contributed by atoms with Gasteiger partial charge in [0, 0.05) is 54.9 Å². The minimum absolute atomic E-state index is 0.0580. The van der Waals surface area contributed by atoms with Crippen molar-refractivity contribution in [2.45, 2.75) is 33.2 Å². The first-order chi connectivity index (χ1) is 16.3. The molecule has 0 aliphatic carbocycles. The van der Waals surface area contributed by atoms with Gasteiger partial charge in [-0.1, -0.05) is 55.8 Å². The van der Waals surface area contributed by atoms with E-state index in [1.54, 1.807) is 4.90 Å². The number of nitrogens with zero attached hydrogens (tertiary/aromatic N) is 4. The summed E-state index contributed by atoms with van der Waals surface area (Å²) in [6, 6.07) is 17.5. The number of likely N-dealkylation sites (tertiary alicyclic amines) is 1. The first-order valence-corrected chi connectivity index (χ1v) is 12.1. The first-order valence-electron chi connectivity index (χ1n) is 11.8. The number of carbonyl (C=O) groups excluding carboxylic acids is 2. The van der Waals surface area contributed by atoms with Crippen molar-refractivity contribution in [3.05, 3.63) is 71.4 Å². The van der Waals surface area contributed by atoms with Crippen molar-refractivity contribution >= 4 is 23.4 Å². The van der Waals surface area contributed by atoms with Crippen LogP contribution >= 0.6 is 11.6 Å². The molecule has 1 saturated heterocycles. The summed E-state index contributed by atoms with van der Waals surface area (Å²) in [5, 5.41) is 5.51. The Bertz CT molecular complexity index is 1140. The fourth-order valence-electron chi connectivity index (χ4n) is 4.48. The van der Waals surface area contributed by atoms with Crippen LogP contribution in [0.15, 0.2) is 60.8 Å². The maximum absolute atomic E-state index is 13.4. The lowest BCUT2D eigenvalue weighted by Crippen LogP contribution is -2.46. The maximum Gasteiger partial charge on any atom is 0.227 e. The summed E-state index contributed by atoms with van der Waals surface area (Å²) in [6.45, 7) is 5.46. The number of hydrogen-bond acceptors (Lipinski definition) is 3. The molecule has 1 aromatic heterocycles. The lowest BCUT2D eigenvalue weighted by molar-refractivity contribution is -0.141. The second-order valence-electron chi connectivity index (χ2n) is 9.26. The number of carbonyl (C=O) groups is 2. The molecule has 34 heavy (non-hydrogen) atoms. The lowest BCUT2D eigenvalue weighted by Gasteiger charge is -2.35. The van der Waals surface area contributed by atoms with Gasteiger partial charge in [0.15, 0.2) is 0 Å². The molecule has 0 spiro atoms. The molecule has 2 heterocycles. The van der Waals surface area contributed by atoms with Gasteiger partial charge in [0.05, 0.1) is 17.3 Å². The van der Waals surface area contributed by atoms with E-state index in [1.807, 2.05) is 91.3 Å². The van der Waals surface area contributed by atoms with Crippen molar-refractivity contribution in [3.8, 4) is 16.9 Å². The van der Waals surface area contributed by atoms with Crippen LogP contribution in [-0.2, 0) is 16.1 Å². The molecule has 7 heteroatoms. The number of para-hydroxylation sites is 1. The van der Waals surface area contributed by atoms with E-state index in [4.69, 9.17) is 16.7 Å². The third-order valence-corrected chi connectivity index (χ3v) is 6.54. The summed E-state index contributed by atoms with van der Waals surface area (Å²) in [5.41, 5.74) is 3.67. The standard InChI is InChI=1S/C27H31ClN4O2/c1-19(2)26(33)31-15-7-8-21(17-31)27(34)30(3)16-22-18-32(24-9-5-4-6-10-24)29-25(22)20-11-13-23(28)14-12-20/h4-6,9-14,18-19,21H,7-8,15-17H2,1-3H3/t21-/m0/s1. The summed E-state index contributed by atoms with van der Waals surface area (Å²) < 4.78 is 1.85. The van der Waals surface area contributed by atoms with Crippen molar-refractivity contribution in [2.75, 3.05) is 20.1 Å². The molecule has 2 aromatic carbocycles. The molecule has 0 unspecified atom stereocenters. The van der Waals surface area contributed by atoms with Gasteiger partial charge in [-0.25, -0.2) is 4.68 Å². The van der Waals surface area contributed by atoms with Crippen LogP contribution < -0.4 is 0 Å². The second kappa shape index (κ2) is 10.4. The van der Waals surface area contributed by atoms with E-state index >= 15 is 0 Å². The smallest absolute Gasteiger partial charge is 0.227 e. The highest BCUT2D eigenvalue weighted by Crippen LogP contribution is 2.27. The number of aromatic nitrogens is 2. The molecule has 2 amide bonds. The molecule has 6 nitrogen and oxygen atoms in total. The fraction of sp³-hybridized carbons (Fsp3) is 0.370. The minimum Gasteiger partial charge on any atom is -0.342 e. The Morgan fingerprint density at radius 2 is 1.82 bits per heavy atom. The average Bonchev–Trinajstić information content (AvgIpc) is 3.27. The highest BCUT2D eigenvalue weighted by Gasteiger charge is 2.31. The average molecular weight is 479 g/mol. The summed E-state index contributed by atoms with van der Waals surface area (Å²) in [5.74, 6) is -0.0490. The molecule has 1 aliphatic heterocycles. The molecule has 0 saturated carbocycles. The largest absolute Gasteiger partial charge is 0.342 e. The molecule has 178 valence electrons. The van der Waals surface area contributed by atoms with Gasteiger partial charge in [-0.05, 0) is 37.1 Å². The fourth-order valence-corrected chi connectivity index (χ4v) is 4.60. The van der Waals surface area contributed by atoms with Crippen LogP contribution in [0, 0.1) is 11.8 Å². The summed E-state index contributed by atoms with van der Waals surface area (Å²) in [7, 11) is 1.83. The van der Waals surface area contributed by atoms with Crippen molar-refractivity contribution in [1.29, 1.82) is 0 Å². The Balaban J connectivity index is 1.57. The van der Waals surface area contributed by atoms with E-state index in [9.17, 15) is 9.59 Å². The molecule has 3 aromatic rings. The van der Waals surface area contributed by atoms with Crippen molar-refractivity contribution in [1.82, 2.24) is 19.6 Å². The Labute approximate surface area is 206 Å². The first kappa shape index (κ1) is 24.0. The van der Waals surface area contributed by atoms with Crippen molar-refractivity contribution in [2.24, 2.45) is 11.8 Å². The van der Waals surface area contributed by atoms with Crippen molar-refractivity contribution in [3.63, 3.8) is 0 Å². The van der Waals surface area contributed by atoms with E-state index in [2.05, 4.69) is 0 Å². The number of hydrogen-bond donors (Lipinski definition) is 0. The minimum atomic E-state index is -0.176. The third kappa shape index (κ3) is 5.33. The van der Waals surface area contributed by atoms with Crippen LogP contribution in [0.4, 0.5) is 0 Å². The van der Waals surface area contributed by atoms with Crippen LogP contribution in [0.5, 0.6) is 0 Å². The zero-order valence-corrected chi connectivity index (χ0v) is 20.7. The number of halogens is 1. The van der Waals surface area contributed by atoms with Gasteiger partial charge in [0.25, 0.3) is 0 Å². The van der Waals surface area contributed by atoms with Gasteiger partial charge < -0.3 is 9.80 Å². The van der Waals surface area contributed by atoms with E-state index < -0.39 is 0 Å². The normalized spacial score (nSPS) is 16.0. The highest BCUT2D eigenvalue weighted by atomic mass is 35.5. The molecule has 1 aliphatic rings. The van der Waals surface area contributed by atoms with E-state index in [0.717, 1.165) is 41.9 Å². The van der Waals surface area contributed by atoms with Crippen LogP contribution in [-0.4, -0.2) is 51.5 Å². The maximum atomic E-state index is 13.4. The SMILES string of the molecule is CC(C)C(=O)N1CCC[C@H](C(=O)N(C)Cc2cn(-c3ccccc3)nc2-c2ccc(Cl)cc2)C1. The Kier molecular flexibility index (Phi) is 7.37. The Morgan fingerprint density at radius 3 is 2.50 bits per heavy atom. The van der Waals surface area contributed by atoms with Gasteiger partial charge >= 0.3 is 0 Å². The predicted molar refractivity (Wildman–Crippen MR) is 135 cm³/mol. The lowest BCUT2D eigenvalue weighted by atomic mass is 9.95. The van der Waals surface area contributed by atoms with Crippen molar-refractivity contribution < 1.29 is 9.59 Å². The molecular weight excluding hydrogens is 448 g/mol. The Morgan fingerprint density at radius 1 is 1.12 bits per heavy atom. The van der Waals surface area contributed by atoms with Crippen LogP contribution in [0.1, 0.15) is 32.3 Å². The zero-order valence-electron chi connectivity index (χ0n) is 19.9. The van der Waals surface area contributed by atoms with Gasteiger partial charge in [-0.2, -0.15) is 5.10 Å². The molecule has 1 fully saturated rings. The van der Waals surface area contributed by atoms with E-state index in [-0.39, 0.29) is 23.7 Å². The van der Waals surface area contributed by atoms with Crippen LogP contribution in [0.2, 0.25) is 5.02 Å². The van der Waals surface area contributed by atoms with Crippen LogP contribution in [0.25, 0.3) is 16.9 Å². The van der Waals surface area contributed by atoms with Gasteiger partial charge in [-0.15, -0.1) is 0 Å². The highest BCUT2D eigenvalue weighted by molar-refractivity contribution is 6.30. The molecule has 1 atom stereocenters. The van der Waals surface area contributed by atoms with E-state index in [0.29, 0.717) is 18.1 Å². The zero-order chi connectivity index (χ0) is 24.2. The predicted octanol–water partition coefficient (Wildman–Crippen LogP) is 5.05. The van der Waals surface area contributed by atoms with Gasteiger partial charge in [0.1, 0.15) is 0 Å².